The Hall–Kier alpha value is -9.76. The van der Waals surface area contributed by atoms with Gasteiger partial charge in [-0.25, -0.2) is 19.6 Å². The molecule has 0 saturated heterocycles. The van der Waals surface area contributed by atoms with Gasteiger partial charge in [0.15, 0.2) is 34.8 Å². The van der Waals surface area contributed by atoms with Gasteiger partial charge in [0, 0.05) is 90.4 Å². The van der Waals surface area contributed by atoms with Crippen molar-refractivity contribution in [3.63, 3.8) is 0 Å². The number of anilines is 1. The van der Waals surface area contributed by atoms with Crippen LogP contribution in [0.2, 0.25) is 0 Å². The van der Waals surface area contributed by atoms with Crippen LogP contribution in [0.1, 0.15) is 223 Å². The third-order valence-corrected chi connectivity index (χ3v) is 20.7. The number of ether oxygens (including phenoxy) is 2. The van der Waals surface area contributed by atoms with E-state index in [0.717, 1.165) is 25.7 Å². The van der Waals surface area contributed by atoms with Gasteiger partial charge in [-0.05, 0) is 107 Å². The Bertz CT molecular complexity index is 4470. The fourth-order valence-electron chi connectivity index (χ4n) is 15.5. The zero-order valence-corrected chi connectivity index (χ0v) is 57.8. The van der Waals surface area contributed by atoms with Gasteiger partial charge in [0.25, 0.3) is 11.8 Å². The summed E-state index contributed by atoms with van der Waals surface area (Å²) in [6, 6.07) is 39.7. The van der Waals surface area contributed by atoms with Crippen LogP contribution < -0.4 is 10.6 Å². The molecule has 4 aliphatic carbocycles. The molecule has 15 heteroatoms. The van der Waals surface area contributed by atoms with Crippen molar-refractivity contribution in [2.75, 3.05) is 5.32 Å². The molecular weight excluding hydrogens is 1210 g/mol. The van der Waals surface area contributed by atoms with Crippen LogP contribution in [0, 0.1) is 57.2 Å². The van der Waals surface area contributed by atoms with E-state index in [1.165, 1.54) is 36.4 Å². The molecule has 4 atom stereocenters. The number of amidine groups is 2. The van der Waals surface area contributed by atoms with E-state index in [1.807, 2.05) is 12.1 Å². The van der Waals surface area contributed by atoms with Crippen molar-refractivity contribution in [2.45, 2.75) is 135 Å². The molecule has 498 valence electrons. The quantitative estimate of drug-likeness (QED) is 0.110. The maximum atomic E-state index is 16.1. The molecule has 4 unspecified atom stereocenters. The number of aromatic nitrogens is 1. The third-order valence-electron chi connectivity index (χ3n) is 20.7. The highest BCUT2D eigenvalue weighted by molar-refractivity contribution is 6.46. The monoisotopic (exact) mass is 1300 g/mol. The van der Waals surface area contributed by atoms with Crippen LogP contribution in [0.15, 0.2) is 161 Å². The molecule has 2 saturated carbocycles. The lowest BCUT2D eigenvalue weighted by Gasteiger charge is -2.50. The minimum absolute atomic E-state index is 0.000709. The number of carbonyl (C=O) groups is 8. The highest BCUT2D eigenvalue weighted by atomic mass is 16.5. The molecule has 2 fully saturated rings. The second-order valence-corrected chi connectivity index (χ2v) is 31.6. The minimum atomic E-state index is -0.779. The molecular formula is C82H85N5O10. The Morgan fingerprint density at radius 2 is 0.814 bits per heavy atom. The van der Waals surface area contributed by atoms with E-state index in [1.54, 1.807) is 97.1 Å². The van der Waals surface area contributed by atoms with Crippen LogP contribution in [0.25, 0.3) is 16.7 Å². The van der Waals surface area contributed by atoms with Crippen LogP contribution in [0.4, 0.5) is 11.6 Å². The molecule has 2 amide bonds. The standard InChI is InChI=1S/C82H85N5O10/c1-43-37-57(79(3,4)5)69(58(38-43)80(6,7)8)96-77(94)63-61(45-25-17-15-18-26-45)71(84-73(63)86-75(92)47-33-35-53-55(41-47)67(90)51-31-23-21-29-49(51)65(53)88)83-72-62(46-27-19-16-20-28-46)64(78(95)97-70-59(81(9,10)11)39-44(2)40-60(70)82(12,13)14)74(85-72)87-76(93)48-34-36-54-56(42-48)68(91)52-32-24-22-30-50(52)66(54)89/h15-36,41-44,57-60,69-70,84H,37-40H2,1-14H3,(H,86,92)(H,83,85,87,93). The number of ketones is 4. The Balaban J connectivity index is 1.06. The number of aliphatic imine (C=N–C) groups is 2. The van der Waals surface area contributed by atoms with Gasteiger partial charge in [-0.15, -0.1) is 0 Å². The molecule has 97 heavy (non-hydrogen) atoms. The lowest BCUT2D eigenvalue weighted by atomic mass is 9.59. The highest BCUT2D eigenvalue weighted by Crippen LogP contribution is 2.53. The molecule has 12 rings (SSSR count). The van der Waals surface area contributed by atoms with Crippen molar-refractivity contribution in [3.05, 3.63) is 218 Å². The van der Waals surface area contributed by atoms with E-state index >= 15 is 19.2 Å². The zero-order valence-electron chi connectivity index (χ0n) is 57.8. The number of benzene rings is 6. The summed E-state index contributed by atoms with van der Waals surface area (Å²) in [6.45, 7) is 30.4. The van der Waals surface area contributed by atoms with Gasteiger partial charge in [-0.1, -0.05) is 206 Å². The van der Waals surface area contributed by atoms with Gasteiger partial charge in [-0.3, -0.25) is 28.8 Å². The van der Waals surface area contributed by atoms with Gasteiger partial charge in [0.2, 0.25) is 0 Å². The summed E-state index contributed by atoms with van der Waals surface area (Å²) < 4.78 is 14.1. The van der Waals surface area contributed by atoms with E-state index in [9.17, 15) is 19.2 Å². The molecule has 2 heterocycles. The molecule has 6 aromatic carbocycles. The largest absolute Gasteiger partial charge is 0.458 e. The Morgan fingerprint density at radius 3 is 1.23 bits per heavy atom. The molecule has 1 aromatic heterocycles. The zero-order chi connectivity index (χ0) is 69.5. The topological polar surface area (TPSA) is 220 Å². The number of nitrogens with one attached hydrogen (secondary N) is 3. The van der Waals surface area contributed by atoms with Crippen molar-refractivity contribution in [3.8, 4) is 11.1 Å². The average molecular weight is 1300 g/mol. The number of fused-ring (bicyclic) bond motifs is 4. The first kappa shape index (κ1) is 67.2. The summed E-state index contributed by atoms with van der Waals surface area (Å²) in [5, 5.41) is 5.94. The first-order valence-corrected chi connectivity index (χ1v) is 33.8. The summed E-state index contributed by atoms with van der Waals surface area (Å²) in [5.41, 5.74) is 1.21. The maximum Gasteiger partial charge on any atom is 0.343 e. The predicted octanol–water partition coefficient (Wildman–Crippen LogP) is 16.8. The SMILES string of the molecule is CC1CC(C(C)(C)C)C(OC(=O)C2=C(c3ccccc3)C(=Nc3[nH]c(NC(=O)c4ccc5c(c4)C(=O)c4ccccc4C5=O)c(C(=O)OC4C(C(C)(C)C)CC(C)CC4C(C)(C)C)c3-c3ccccc3)N=C2NC(=O)c2ccc3c(c2)C(=O)c2ccccc2C3=O)C(C(C)(C)C)C1. The van der Waals surface area contributed by atoms with Crippen molar-refractivity contribution in [1.29, 1.82) is 0 Å². The number of rotatable bonds is 10. The van der Waals surface area contributed by atoms with E-state index in [0.29, 0.717) is 23.0 Å². The Morgan fingerprint density at radius 1 is 0.454 bits per heavy atom. The Kier molecular flexibility index (Phi) is 17.6. The van der Waals surface area contributed by atoms with Crippen molar-refractivity contribution >= 4 is 75.8 Å². The van der Waals surface area contributed by atoms with E-state index in [-0.39, 0.29) is 158 Å². The molecule has 0 radical (unpaired) electrons. The number of H-pyrrole nitrogens is 1. The van der Waals surface area contributed by atoms with Gasteiger partial charge in [0.1, 0.15) is 35.0 Å². The summed E-state index contributed by atoms with van der Waals surface area (Å²) in [4.78, 5) is 132. The van der Waals surface area contributed by atoms with Crippen LogP contribution in [0.3, 0.4) is 0 Å². The van der Waals surface area contributed by atoms with Crippen molar-refractivity contribution in [2.24, 2.45) is 67.2 Å². The van der Waals surface area contributed by atoms with Crippen LogP contribution in [-0.4, -0.2) is 75.7 Å². The molecule has 15 nitrogen and oxygen atoms in total. The number of esters is 2. The first-order valence-electron chi connectivity index (χ1n) is 33.8. The Labute approximate surface area is 567 Å². The maximum absolute atomic E-state index is 16.1. The number of hydrogen-bond acceptors (Lipinski definition) is 11. The molecule has 7 aromatic rings. The van der Waals surface area contributed by atoms with Crippen LogP contribution in [-0.2, 0) is 14.3 Å². The first-order chi connectivity index (χ1) is 45.8. The molecule has 5 aliphatic rings. The van der Waals surface area contributed by atoms with Crippen molar-refractivity contribution in [1.82, 2.24) is 10.3 Å². The molecule has 1 aliphatic heterocycles. The number of carbonyl (C=O) groups excluding carboxylic acids is 8. The molecule has 3 N–H and O–H groups in total. The lowest BCUT2D eigenvalue weighted by Crippen LogP contribution is -2.50. The highest BCUT2D eigenvalue weighted by Gasteiger charge is 2.51. The van der Waals surface area contributed by atoms with Crippen molar-refractivity contribution < 1.29 is 47.8 Å². The van der Waals surface area contributed by atoms with Crippen LogP contribution >= 0.6 is 0 Å². The number of nitrogens with zero attached hydrogens (tertiary/aromatic N) is 2. The average Bonchev–Trinajstić information content (AvgIpc) is 1.75. The summed E-state index contributed by atoms with van der Waals surface area (Å²) in [7, 11) is 0. The van der Waals surface area contributed by atoms with Gasteiger partial charge >= 0.3 is 11.9 Å². The number of amides is 2. The summed E-state index contributed by atoms with van der Waals surface area (Å²) in [5.74, 6) is -4.74. The third kappa shape index (κ3) is 12.8. The van der Waals surface area contributed by atoms with Gasteiger partial charge in [-0.2, -0.15) is 0 Å². The van der Waals surface area contributed by atoms with Gasteiger partial charge in [0.05, 0.1) is 0 Å². The molecule has 0 spiro atoms. The smallest absolute Gasteiger partial charge is 0.343 e. The van der Waals surface area contributed by atoms with Crippen LogP contribution in [0.5, 0.6) is 0 Å². The number of hydrogen-bond donors (Lipinski definition) is 3. The normalized spacial score (nSPS) is 22.2. The second-order valence-electron chi connectivity index (χ2n) is 31.6. The fourth-order valence-corrected chi connectivity index (χ4v) is 15.5. The van der Waals surface area contributed by atoms with Gasteiger partial charge < -0.3 is 25.1 Å². The number of aromatic amines is 1. The summed E-state index contributed by atoms with van der Waals surface area (Å²) >= 11 is 0. The van der Waals surface area contributed by atoms with E-state index in [2.05, 4.69) is 113 Å². The summed E-state index contributed by atoms with van der Waals surface area (Å²) in [6.07, 6.45) is 1.98. The lowest BCUT2D eigenvalue weighted by molar-refractivity contribution is -0.164. The fraction of sp³-hybridized carbons (Fsp3) is 0.366. The molecule has 0 bridgehead atoms. The minimum Gasteiger partial charge on any atom is -0.458 e. The van der Waals surface area contributed by atoms with E-state index in [4.69, 9.17) is 19.5 Å². The second kappa shape index (κ2) is 25.3. The predicted molar refractivity (Wildman–Crippen MR) is 377 cm³/mol. The van der Waals surface area contributed by atoms with E-state index < -0.39 is 47.5 Å².